The van der Waals surface area contributed by atoms with Gasteiger partial charge in [0.2, 0.25) is 0 Å². The van der Waals surface area contributed by atoms with Crippen LogP contribution in [0.3, 0.4) is 0 Å². The number of methoxy groups -OCH3 is 1. The number of hydrogen-bond donors (Lipinski definition) is 0. The second-order valence-corrected chi connectivity index (χ2v) is 5.65. The van der Waals surface area contributed by atoms with Gasteiger partial charge >= 0.3 is 0 Å². The van der Waals surface area contributed by atoms with E-state index in [9.17, 15) is 4.79 Å². The lowest BCUT2D eigenvalue weighted by atomic mass is 10.2. The summed E-state index contributed by atoms with van der Waals surface area (Å²) in [6.45, 7) is 3.89. The molecule has 1 fully saturated rings. The maximum atomic E-state index is 10.7. The van der Waals surface area contributed by atoms with Gasteiger partial charge in [0.05, 0.1) is 16.5 Å². The number of ether oxygens (including phenoxy) is 1. The summed E-state index contributed by atoms with van der Waals surface area (Å²) in [5.74, 6) is 0.814. The quantitative estimate of drug-likeness (QED) is 0.700. The maximum Gasteiger partial charge on any atom is 0.160 e. The van der Waals surface area contributed by atoms with E-state index in [1.165, 1.54) is 17.8 Å². The van der Waals surface area contributed by atoms with Crippen LogP contribution >= 0.6 is 11.3 Å². The van der Waals surface area contributed by atoms with Gasteiger partial charge in [0.1, 0.15) is 0 Å². The van der Waals surface area contributed by atoms with Crippen LogP contribution in [0.5, 0.6) is 0 Å². The van der Waals surface area contributed by atoms with Gasteiger partial charge in [-0.3, -0.25) is 4.79 Å². The minimum atomic E-state index is 0.545. The van der Waals surface area contributed by atoms with E-state index in [0.717, 1.165) is 30.2 Å². The third kappa shape index (κ3) is 3.07. The SMILES string of the molecule is COCCN(c1ccc(C=O)s1)C(C)C1CC1. The summed E-state index contributed by atoms with van der Waals surface area (Å²) >= 11 is 1.57. The molecule has 0 bridgehead atoms. The van der Waals surface area contributed by atoms with Gasteiger partial charge in [0.25, 0.3) is 0 Å². The average Bonchev–Trinajstić information content (AvgIpc) is 3.09. The van der Waals surface area contributed by atoms with Crippen molar-refractivity contribution in [2.24, 2.45) is 5.92 Å². The van der Waals surface area contributed by atoms with E-state index in [1.54, 1.807) is 18.4 Å². The highest BCUT2D eigenvalue weighted by Gasteiger charge is 2.32. The lowest BCUT2D eigenvalue weighted by molar-refractivity contribution is 0.112. The summed E-state index contributed by atoms with van der Waals surface area (Å²) in [7, 11) is 1.73. The molecule has 0 aliphatic heterocycles. The largest absolute Gasteiger partial charge is 0.383 e. The first-order chi connectivity index (χ1) is 8.26. The molecule has 1 aliphatic carbocycles. The number of aldehydes is 1. The van der Waals surface area contributed by atoms with Gasteiger partial charge in [-0.1, -0.05) is 0 Å². The number of rotatable bonds is 7. The van der Waals surface area contributed by atoms with E-state index in [0.29, 0.717) is 6.04 Å². The fourth-order valence-corrected chi connectivity index (χ4v) is 3.03. The summed E-state index contributed by atoms with van der Waals surface area (Å²) in [4.78, 5) is 13.9. The molecule has 0 radical (unpaired) electrons. The Hall–Kier alpha value is -0.870. The second kappa shape index (κ2) is 5.65. The molecule has 94 valence electrons. The normalized spacial score (nSPS) is 16.8. The molecule has 1 aliphatic rings. The molecular weight excluding hydrogens is 234 g/mol. The number of thiophene rings is 1. The van der Waals surface area contributed by atoms with Gasteiger partial charge in [-0.05, 0) is 37.8 Å². The Labute approximate surface area is 106 Å². The van der Waals surface area contributed by atoms with Crippen LogP contribution < -0.4 is 4.90 Å². The third-order valence-corrected chi connectivity index (χ3v) is 4.39. The van der Waals surface area contributed by atoms with Gasteiger partial charge in [-0.15, -0.1) is 11.3 Å². The number of carbonyl (C=O) groups is 1. The van der Waals surface area contributed by atoms with Crippen LogP contribution in [0.15, 0.2) is 12.1 Å². The van der Waals surface area contributed by atoms with Crippen LogP contribution in [0.4, 0.5) is 5.00 Å². The molecule has 0 aromatic carbocycles. The lowest BCUT2D eigenvalue weighted by Crippen LogP contribution is -2.36. The molecule has 1 atom stereocenters. The van der Waals surface area contributed by atoms with Crippen molar-refractivity contribution in [2.45, 2.75) is 25.8 Å². The van der Waals surface area contributed by atoms with Crippen LogP contribution in [0, 0.1) is 5.92 Å². The van der Waals surface area contributed by atoms with Crippen molar-refractivity contribution in [3.63, 3.8) is 0 Å². The topological polar surface area (TPSA) is 29.5 Å². The zero-order valence-corrected chi connectivity index (χ0v) is 11.2. The van der Waals surface area contributed by atoms with Crippen molar-refractivity contribution < 1.29 is 9.53 Å². The second-order valence-electron chi connectivity index (χ2n) is 4.56. The predicted octanol–water partition coefficient (Wildman–Crippen LogP) is 2.81. The molecule has 0 amide bonds. The number of anilines is 1. The van der Waals surface area contributed by atoms with Gasteiger partial charge in [0.15, 0.2) is 6.29 Å². The highest BCUT2D eigenvalue weighted by atomic mass is 32.1. The first kappa shape index (κ1) is 12.6. The number of carbonyl (C=O) groups excluding carboxylic acids is 1. The Bertz CT molecular complexity index is 373. The predicted molar refractivity (Wildman–Crippen MR) is 71.1 cm³/mol. The summed E-state index contributed by atoms with van der Waals surface area (Å²) < 4.78 is 5.17. The van der Waals surface area contributed by atoms with Crippen LogP contribution in [-0.4, -0.2) is 32.6 Å². The monoisotopic (exact) mass is 253 g/mol. The summed E-state index contributed by atoms with van der Waals surface area (Å²) in [5.41, 5.74) is 0. The lowest BCUT2D eigenvalue weighted by Gasteiger charge is -2.29. The average molecular weight is 253 g/mol. The molecule has 3 nitrogen and oxygen atoms in total. The van der Waals surface area contributed by atoms with Crippen molar-refractivity contribution in [3.8, 4) is 0 Å². The van der Waals surface area contributed by atoms with Crippen LogP contribution in [0.1, 0.15) is 29.4 Å². The molecule has 1 unspecified atom stereocenters. The summed E-state index contributed by atoms with van der Waals surface area (Å²) in [6, 6.07) is 4.48. The Kier molecular flexibility index (Phi) is 4.18. The minimum absolute atomic E-state index is 0.545. The zero-order valence-electron chi connectivity index (χ0n) is 10.4. The van der Waals surface area contributed by atoms with E-state index in [2.05, 4.69) is 11.8 Å². The van der Waals surface area contributed by atoms with E-state index in [4.69, 9.17) is 4.74 Å². The molecule has 1 aromatic heterocycles. The standard InChI is InChI=1S/C13H19NO2S/c1-10(11-3-4-11)14(7-8-16-2)13-6-5-12(9-15)17-13/h5-6,9-11H,3-4,7-8H2,1-2H3. The van der Waals surface area contributed by atoms with Crippen molar-refractivity contribution >= 4 is 22.6 Å². The first-order valence-electron chi connectivity index (χ1n) is 6.07. The number of hydrogen-bond acceptors (Lipinski definition) is 4. The molecule has 4 heteroatoms. The molecular formula is C13H19NO2S. The molecule has 0 N–H and O–H groups in total. The molecule has 1 heterocycles. The van der Waals surface area contributed by atoms with E-state index in [1.807, 2.05) is 12.1 Å². The van der Waals surface area contributed by atoms with Crippen molar-refractivity contribution in [1.29, 1.82) is 0 Å². The van der Waals surface area contributed by atoms with Crippen molar-refractivity contribution in [1.82, 2.24) is 0 Å². The Morgan fingerprint density at radius 2 is 2.35 bits per heavy atom. The summed E-state index contributed by atoms with van der Waals surface area (Å²) in [6.07, 6.45) is 3.58. The number of nitrogens with zero attached hydrogens (tertiary/aromatic N) is 1. The maximum absolute atomic E-state index is 10.7. The van der Waals surface area contributed by atoms with Crippen LogP contribution in [-0.2, 0) is 4.74 Å². The van der Waals surface area contributed by atoms with Gasteiger partial charge in [-0.25, -0.2) is 0 Å². The van der Waals surface area contributed by atoms with Crippen LogP contribution in [0.2, 0.25) is 0 Å². The Morgan fingerprint density at radius 3 is 2.88 bits per heavy atom. The molecule has 2 rings (SSSR count). The minimum Gasteiger partial charge on any atom is -0.383 e. The Balaban J connectivity index is 2.09. The fourth-order valence-electron chi connectivity index (χ4n) is 2.10. The van der Waals surface area contributed by atoms with Gasteiger partial charge < -0.3 is 9.64 Å². The highest BCUT2D eigenvalue weighted by molar-refractivity contribution is 7.17. The van der Waals surface area contributed by atoms with E-state index < -0.39 is 0 Å². The van der Waals surface area contributed by atoms with E-state index in [-0.39, 0.29) is 0 Å². The molecule has 0 spiro atoms. The molecule has 0 saturated heterocycles. The van der Waals surface area contributed by atoms with Crippen molar-refractivity contribution in [3.05, 3.63) is 17.0 Å². The molecule has 1 saturated carbocycles. The molecule has 17 heavy (non-hydrogen) atoms. The fraction of sp³-hybridized carbons (Fsp3) is 0.615. The van der Waals surface area contributed by atoms with Crippen LogP contribution in [0.25, 0.3) is 0 Å². The highest BCUT2D eigenvalue weighted by Crippen LogP contribution is 2.38. The van der Waals surface area contributed by atoms with Crippen molar-refractivity contribution in [2.75, 3.05) is 25.2 Å². The smallest absolute Gasteiger partial charge is 0.160 e. The van der Waals surface area contributed by atoms with Gasteiger partial charge in [0, 0.05) is 19.7 Å². The summed E-state index contributed by atoms with van der Waals surface area (Å²) in [5, 5.41) is 1.18. The van der Waals surface area contributed by atoms with Gasteiger partial charge in [-0.2, -0.15) is 0 Å². The Morgan fingerprint density at radius 1 is 1.59 bits per heavy atom. The van der Waals surface area contributed by atoms with E-state index >= 15 is 0 Å². The first-order valence-corrected chi connectivity index (χ1v) is 6.88. The zero-order chi connectivity index (χ0) is 12.3. The third-order valence-electron chi connectivity index (χ3n) is 3.34. The molecule has 1 aromatic rings.